The minimum Gasteiger partial charge on any atom is -0.394 e. The number of nitrogens with two attached hydrogens (primary N) is 1. The fourth-order valence-corrected chi connectivity index (χ4v) is 4.33. The molecule has 4 rings (SSSR count). The Morgan fingerprint density at radius 3 is 2.92 bits per heavy atom. The molecule has 0 aromatic carbocycles. The second kappa shape index (κ2) is 5.51. The molecule has 1 aliphatic heterocycles. The molecule has 9 heteroatoms. The molecule has 0 amide bonds. The van der Waals surface area contributed by atoms with E-state index < -0.39 is 10.9 Å². The van der Waals surface area contributed by atoms with Gasteiger partial charge in [-0.1, -0.05) is 5.92 Å². The SMILES string of the molecule is C#CC1(CO)SC(n2cnc3c(NC4CC4)nc(N)nc32)CC1O. The van der Waals surface area contributed by atoms with Crippen LogP contribution in [-0.2, 0) is 0 Å². The van der Waals surface area contributed by atoms with Gasteiger partial charge >= 0.3 is 0 Å². The fourth-order valence-electron chi connectivity index (χ4n) is 2.91. The first-order valence-electron chi connectivity index (χ1n) is 7.77. The summed E-state index contributed by atoms with van der Waals surface area (Å²) in [6.45, 7) is -0.288. The standard InChI is InChI=1S/C15H18N6O2S/c1-2-15(6-22)9(23)5-10(24-15)21-7-17-11-12(18-8-3-4-8)19-14(16)20-13(11)21/h1,7-10,22-23H,3-6H2,(H3,16,18,19,20). The summed E-state index contributed by atoms with van der Waals surface area (Å²) in [5, 5.41) is 23.0. The van der Waals surface area contributed by atoms with Crippen LogP contribution < -0.4 is 11.1 Å². The quantitative estimate of drug-likeness (QED) is 0.585. The van der Waals surface area contributed by atoms with Crippen LogP contribution in [0.4, 0.5) is 11.8 Å². The van der Waals surface area contributed by atoms with Gasteiger partial charge in [0, 0.05) is 12.5 Å². The third kappa shape index (κ3) is 2.38. The first-order chi connectivity index (χ1) is 11.6. The number of imidazole rings is 1. The van der Waals surface area contributed by atoms with Gasteiger partial charge in [0.25, 0.3) is 0 Å². The zero-order valence-corrected chi connectivity index (χ0v) is 13.7. The van der Waals surface area contributed by atoms with Crippen molar-refractivity contribution in [2.75, 3.05) is 17.7 Å². The number of fused-ring (bicyclic) bond motifs is 1. The van der Waals surface area contributed by atoms with Gasteiger partial charge in [0.1, 0.15) is 4.75 Å². The first-order valence-corrected chi connectivity index (χ1v) is 8.65. The second-order valence-electron chi connectivity index (χ2n) is 6.19. The molecule has 24 heavy (non-hydrogen) atoms. The van der Waals surface area contributed by atoms with Gasteiger partial charge in [-0.05, 0) is 12.8 Å². The number of anilines is 2. The second-order valence-corrected chi connectivity index (χ2v) is 7.70. The van der Waals surface area contributed by atoms with E-state index in [4.69, 9.17) is 12.2 Å². The average molecular weight is 346 g/mol. The highest BCUT2D eigenvalue weighted by molar-refractivity contribution is 8.01. The Morgan fingerprint density at radius 2 is 2.29 bits per heavy atom. The van der Waals surface area contributed by atoms with Crippen LogP contribution in [0.15, 0.2) is 6.33 Å². The van der Waals surface area contributed by atoms with Gasteiger partial charge in [0.05, 0.1) is 24.4 Å². The fraction of sp³-hybridized carbons (Fsp3) is 0.533. The Hall–Kier alpha value is -2.02. The molecule has 2 aliphatic rings. The molecule has 126 valence electrons. The van der Waals surface area contributed by atoms with Gasteiger partial charge in [-0.2, -0.15) is 9.97 Å². The van der Waals surface area contributed by atoms with Gasteiger partial charge < -0.3 is 25.8 Å². The van der Waals surface area contributed by atoms with E-state index in [2.05, 4.69) is 26.2 Å². The van der Waals surface area contributed by atoms with Crippen LogP contribution in [0.3, 0.4) is 0 Å². The van der Waals surface area contributed by atoms with E-state index in [1.54, 1.807) is 6.33 Å². The summed E-state index contributed by atoms with van der Waals surface area (Å²) in [6, 6.07) is 0.416. The number of aromatic nitrogens is 4. The van der Waals surface area contributed by atoms with Crippen molar-refractivity contribution in [3.05, 3.63) is 6.33 Å². The molecule has 2 fully saturated rings. The molecular formula is C15H18N6O2S. The Kier molecular flexibility index (Phi) is 3.56. The smallest absolute Gasteiger partial charge is 0.224 e. The molecule has 2 aromatic rings. The number of thioether (sulfide) groups is 1. The van der Waals surface area contributed by atoms with Crippen molar-refractivity contribution < 1.29 is 10.2 Å². The van der Waals surface area contributed by atoms with Crippen LogP contribution in [0.1, 0.15) is 24.6 Å². The molecule has 1 saturated heterocycles. The number of nitrogens with zero attached hydrogens (tertiary/aromatic N) is 4. The van der Waals surface area contributed by atoms with Gasteiger partial charge in [-0.3, -0.25) is 0 Å². The average Bonchev–Trinajstić information content (AvgIpc) is 3.17. The summed E-state index contributed by atoms with van der Waals surface area (Å²) in [5.74, 6) is 3.33. The lowest BCUT2D eigenvalue weighted by Crippen LogP contribution is -2.36. The summed E-state index contributed by atoms with van der Waals surface area (Å²) in [4.78, 5) is 13.0. The van der Waals surface area contributed by atoms with Crippen molar-refractivity contribution in [1.29, 1.82) is 0 Å². The molecule has 1 aliphatic carbocycles. The number of nitrogens with one attached hydrogen (secondary N) is 1. The van der Waals surface area contributed by atoms with Gasteiger partial charge in [0.15, 0.2) is 17.0 Å². The molecule has 2 aromatic heterocycles. The number of aliphatic hydroxyl groups excluding tert-OH is 2. The maximum atomic E-state index is 10.3. The lowest BCUT2D eigenvalue weighted by atomic mass is 10.0. The number of hydrogen-bond acceptors (Lipinski definition) is 8. The summed E-state index contributed by atoms with van der Waals surface area (Å²) in [6.07, 6.45) is 9.01. The molecular weight excluding hydrogens is 328 g/mol. The number of terminal acetylenes is 1. The summed E-state index contributed by atoms with van der Waals surface area (Å²) in [7, 11) is 0. The number of nitrogen functional groups attached to an aromatic ring is 1. The molecule has 1 saturated carbocycles. The van der Waals surface area contributed by atoms with Crippen LogP contribution in [-0.4, -0.2) is 53.2 Å². The lowest BCUT2D eigenvalue weighted by molar-refractivity contribution is 0.114. The van der Waals surface area contributed by atoms with Gasteiger partial charge in [-0.15, -0.1) is 18.2 Å². The third-order valence-electron chi connectivity index (χ3n) is 4.46. The molecule has 5 N–H and O–H groups in total. The highest BCUT2D eigenvalue weighted by Crippen LogP contribution is 2.49. The summed E-state index contributed by atoms with van der Waals surface area (Å²) < 4.78 is 0.836. The molecule has 0 spiro atoms. The van der Waals surface area contributed by atoms with Crippen molar-refractivity contribution >= 4 is 34.7 Å². The summed E-state index contributed by atoms with van der Waals surface area (Å²) >= 11 is 1.34. The molecule has 3 heterocycles. The highest BCUT2D eigenvalue weighted by Gasteiger charge is 2.47. The normalized spacial score (nSPS) is 29.7. The van der Waals surface area contributed by atoms with Crippen molar-refractivity contribution in [3.63, 3.8) is 0 Å². The zero-order valence-electron chi connectivity index (χ0n) is 12.9. The molecule has 8 nitrogen and oxygen atoms in total. The van der Waals surface area contributed by atoms with E-state index >= 15 is 0 Å². The largest absolute Gasteiger partial charge is 0.394 e. The monoisotopic (exact) mass is 346 g/mol. The van der Waals surface area contributed by atoms with Crippen LogP contribution in [0.25, 0.3) is 11.2 Å². The molecule has 0 bridgehead atoms. The highest BCUT2D eigenvalue weighted by atomic mass is 32.2. The van der Waals surface area contributed by atoms with Crippen molar-refractivity contribution in [3.8, 4) is 12.3 Å². The van der Waals surface area contributed by atoms with Crippen LogP contribution in [0.2, 0.25) is 0 Å². The van der Waals surface area contributed by atoms with E-state index in [1.807, 2.05) is 4.57 Å². The minimum atomic E-state index is -1.01. The van der Waals surface area contributed by atoms with Gasteiger partial charge in [-0.25, -0.2) is 4.98 Å². The Bertz CT molecular complexity index is 829. The van der Waals surface area contributed by atoms with Crippen LogP contribution in [0, 0.1) is 12.3 Å². The van der Waals surface area contributed by atoms with E-state index in [-0.39, 0.29) is 17.9 Å². The first kappa shape index (κ1) is 15.5. The van der Waals surface area contributed by atoms with E-state index in [1.165, 1.54) is 11.8 Å². The van der Waals surface area contributed by atoms with Crippen molar-refractivity contribution in [1.82, 2.24) is 19.5 Å². The van der Waals surface area contributed by atoms with Crippen LogP contribution in [0.5, 0.6) is 0 Å². The maximum Gasteiger partial charge on any atom is 0.224 e. The molecule has 0 radical (unpaired) electrons. The molecule has 3 unspecified atom stereocenters. The Morgan fingerprint density at radius 1 is 1.50 bits per heavy atom. The third-order valence-corrected chi connectivity index (χ3v) is 6.09. The number of aliphatic hydroxyl groups is 2. The van der Waals surface area contributed by atoms with Crippen molar-refractivity contribution in [2.24, 2.45) is 0 Å². The predicted octanol–water partition coefficient (Wildman–Crippen LogP) is 0.344. The minimum absolute atomic E-state index is 0.168. The van der Waals surface area contributed by atoms with Gasteiger partial charge in [0.2, 0.25) is 5.95 Å². The van der Waals surface area contributed by atoms with Crippen LogP contribution >= 0.6 is 11.8 Å². The maximum absolute atomic E-state index is 10.3. The van der Waals surface area contributed by atoms with E-state index in [9.17, 15) is 10.2 Å². The van der Waals surface area contributed by atoms with E-state index in [0.717, 1.165) is 12.8 Å². The Balaban J connectivity index is 1.73. The topological polar surface area (TPSA) is 122 Å². The number of hydrogen-bond donors (Lipinski definition) is 4. The molecule has 3 atom stereocenters. The predicted molar refractivity (Wildman–Crippen MR) is 92.3 cm³/mol. The van der Waals surface area contributed by atoms with Crippen molar-refractivity contribution in [2.45, 2.75) is 41.5 Å². The summed E-state index contributed by atoms with van der Waals surface area (Å²) in [5.41, 5.74) is 7.09. The van der Waals surface area contributed by atoms with E-state index in [0.29, 0.717) is 29.4 Å². The lowest BCUT2D eigenvalue weighted by Gasteiger charge is -2.22. The number of rotatable bonds is 4. The Labute approximate surface area is 142 Å². The zero-order chi connectivity index (χ0) is 16.9.